The number of rotatable bonds is 3. The number of aromatic amines is 1. The van der Waals surface area contributed by atoms with Gasteiger partial charge >= 0.3 is 0 Å². The van der Waals surface area contributed by atoms with Crippen LogP contribution in [0.15, 0.2) is 30.5 Å². The molecule has 2 nitrogen and oxygen atoms in total. The van der Waals surface area contributed by atoms with Gasteiger partial charge in [0.1, 0.15) is 0 Å². The second-order valence-corrected chi connectivity index (χ2v) is 6.62. The average molecular weight is 242 g/mol. The maximum absolute atomic E-state index is 3.71. The Morgan fingerprint density at radius 2 is 1.78 bits per heavy atom. The minimum Gasteiger partial charge on any atom is -0.361 e. The van der Waals surface area contributed by atoms with Crippen LogP contribution in [-0.2, 0) is 6.54 Å². The maximum Gasteiger partial charge on any atom is 0.0457 e. The summed E-state index contributed by atoms with van der Waals surface area (Å²) in [7, 11) is 0. The van der Waals surface area contributed by atoms with Gasteiger partial charge in [-0.25, -0.2) is 0 Å². The second-order valence-electron chi connectivity index (χ2n) is 6.62. The summed E-state index contributed by atoms with van der Waals surface area (Å²) in [5.74, 6) is 0. The van der Waals surface area contributed by atoms with E-state index in [0.717, 1.165) is 6.54 Å². The first-order valence-electron chi connectivity index (χ1n) is 6.73. The lowest BCUT2D eigenvalue weighted by Gasteiger charge is -2.05. The zero-order chi connectivity index (χ0) is 13.0. The number of hydrogen-bond acceptors (Lipinski definition) is 1. The SMILES string of the molecule is CC1(C)C(NCc2c[nH]c3ccccc23)C1(C)C. The van der Waals surface area contributed by atoms with Gasteiger partial charge in [-0.15, -0.1) is 0 Å². The van der Waals surface area contributed by atoms with Crippen LogP contribution in [-0.4, -0.2) is 11.0 Å². The van der Waals surface area contributed by atoms with E-state index >= 15 is 0 Å². The summed E-state index contributed by atoms with van der Waals surface area (Å²) in [6.07, 6.45) is 2.13. The molecule has 1 saturated carbocycles. The molecule has 0 bridgehead atoms. The Labute approximate surface area is 109 Å². The van der Waals surface area contributed by atoms with Crippen molar-refractivity contribution in [3.8, 4) is 0 Å². The van der Waals surface area contributed by atoms with Crippen LogP contribution in [0.4, 0.5) is 0 Å². The molecular weight excluding hydrogens is 220 g/mol. The quantitative estimate of drug-likeness (QED) is 0.844. The number of para-hydroxylation sites is 1. The Kier molecular flexibility index (Phi) is 2.36. The highest BCUT2D eigenvalue weighted by atomic mass is 15.0. The zero-order valence-corrected chi connectivity index (χ0v) is 11.7. The minimum atomic E-state index is 0.402. The van der Waals surface area contributed by atoms with Gasteiger partial charge in [0.05, 0.1) is 0 Å². The molecule has 1 aliphatic carbocycles. The molecule has 1 fully saturated rings. The fourth-order valence-corrected chi connectivity index (χ4v) is 3.20. The molecule has 0 spiro atoms. The highest BCUT2D eigenvalue weighted by Gasteiger charge is 2.64. The van der Waals surface area contributed by atoms with Gasteiger partial charge in [-0.1, -0.05) is 45.9 Å². The van der Waals surface area contributed by atoms with Crippen LogP contribution < -0.4 is 5.32 Å². The molecule has 96 valence electrons. The number of benzene rings is 1. The van der Waals surface area contributed by atoms with Gasteiger partial charge in [-0.05, 0) is 22.5 Å². The van der Waals surface area contributed by atoms with Gasteiger partial charge in [0.15, 0.2) is 0 Å². The Morgan fingerprint density at radius 1 is 1.11 bits per heavy atom. The summed E-state index contributed by atoms with van der Waals surface area (Å²) >= 11 is 0. The summed E-state index contributed by atoms with van der Waals surface area (Å²) < 4.78 is 0. The third-order valence-corrected chi connectivity index (χ3v) is 5.19. The molecule has 2 N–H and O–H groups in total. The fourth-order valence-electron chi connectivity index (χ4n) is 3.20. The standard InChI is InChI=1S/C16H22N2/c1-15(2)14(16(15,3)4)18-10-11-9-17-13-8-6-5-7-12(11)13/h5-9,14,17-18H,10H2,1-4H3. The smallest absolute Gasteiger partial charge is 0.0457 e. The number of nitrogens with one attached hydrogen (secondary N) is 2. The van der Waals surface area contributed by atoms with E-state index in [1.165, 1.54) is 16.5 Å². The monoisotopic (exact) mass is 242 g/mol. The predicted molar refractivity (Wildman–Crippen MR) is 76.5 cm³/mol. The molecule has 0 radical (unpaired) electrons. The predicted octanol–water partition coefficient (Wildman–Crippen LogP) is 3.69. The van der Waals surface area contributed by atoms with Gasteiger partial charge in [-0.3, -0.25) is 0 Å². The molecular formula is C16H22N2. The topological polar surface area (TPSA) is 27.8 Å². The third-order valence-electron chi connectivity index (χ3n) is 5.19. The van der Waals surface area contributed by atoms with Crippen LogP contribution in [0.5, 0.6) is 0 Å². The highest BCUT2D eigenvalue weighted by Crippen LogP contribution is 2.62. The molecule has 3 rings (SSSR count). The summed E-state index contributed by atoms with van der Waals surface area (Å²) in [6, 6.07) is 9.10. The van der Waals surface area contributed by atoms with E-state index in [0.29, 0.717) is 16.9 Å². The minimum absolute atomic E-state index is 0.402. The van der Waals surface area contributed by atoms with Crippen molar-refractivity contribution >= 4 is 10.9 Å². The van der Waals surface area contributed by atoms with E-state index in [-0.39, 0.29) is 0 Å². The lowest BCUT2D eigenvalue weighted by Crippen LogP contribution is -2.21. The van der Waals surface area contributed by atoms with E-state index in [2.05, 4.69) is 68.5 Å². The van der Waals surface area contributed by atoms with E-state index in [1.54, 1.807) is 0 Å². The molecule has 1 aromatic carbocycles. The van der Waals surface area contributed by atoms with Crippen LogP contribution >= 0.6 is 0 Å². The van der Waals surface area contributed by atoms with Crippen molar-refractivity contribution in [1.29, 1.82) is 0 Å². The van der Waals surface area contributed by atoms with Crippen LogP contribution in [0.1, 0.15) is 33.3 Å². The highest BCUT2D eigenvalue weighted by molar-refractivity contribution is 5.82. The van der Waals surface area contributed by atoms with Crippen LogP contribution in [0.3, 0.4) is 0 Å². The van der Waals surface area contributed by atoms with Crippen LogP contribution in [0.2, 0.25) is 0 Å². The van der Waals surface area contributed by atoms with Gasteiger partial charge < -0.3 is 10.3 Å². The largest absolute Gasteiger partial charge is 0.361 e. The molecule has 0 saturated heterocycles. The molecule has 0 atom stereocenters. The van der Waals surface area contributed by atoms with Crippen molar-refractivity contribution in [3.63, 3.8) is 0 Å². The van der Waals surface area contributed by atoms with Gasteiger partial charge in [0.2, 0.25) is 0 Å². The van der Waals surface area contributed by atoms with E-state index < -0.39 is 0 Å². The molecule has 2 heteroatoms. The Bertz CT molecular complexity index is 564. The lowest BCUT2D eigenvalue weighted by molar-refractivity contribution is 0.457. The molecule has 1 aromatic heterocycles. The van der Waals surface area contributed by atoms with E-state index in [1.807, 2.05) is 0 Å². The number of aromatic nitrogens is 1. The van der Waals surface area contributed by atoms with Gasteiger partial charge in [0.25, 0.3) is 0 Å². The van der Waals surface area contributed by atoms with Crippen molar-refractivity contribution in [2.75, 3.05) is 0 Å². The first-order chi connectivity index (χ1) is 8.44. The van der Waals surface area contributed by atoms with Gasteiger partial charge in [0, 0.05) is 29.7 Å². The summed E-state index contributed by atoms with van der Waals surface area (Å²) in [5.41, 5.74) is 3.39. The first-order valence-corrected chi connectivity index (χ1v) is 6.73. The van der Waals surface area contributed by atoms with Crippen molar-refractivity contribution < 1.29 is 0 Å². The molecule has 18 heavy (non-hydrogen) atoms. The fraction of sp³-hybridized carbons (Fsp3) is 0.500. The molecule has 0 aliphatic heterocycles. The summed E-state index contributed by atoms with van der Waals surface area (Å²) in [5, 5.41) is 5.05. The first kappa shape index (κ1) is 11.8. The Balaban J connectivity index is 1.75. The molecule has 0 unspecified atom stereocenters. The molecule has 1 aliphatic rings. The lowest BCUT2D eigenvalue weighted by atomic mass is 10.0. The van der Waals surface area contributed by atoms with Crippen LogP contribution in [0.25, 0.3) is 10.9 Å². The summed E-state index contributed by atoms with van der Waals surface area (Å²) in [4.78, 5) is 3.33. The number of hydrogen-bond donors (Lipinski definition) is 2. The Hall–Kier alpha value is -1.28. The molecule has 1 heterocycles. The van der Waals surface area contributed by atoms with E-state index in [9.17, 15) is 0 Å². The normalized spacial score (nSPS) is 21.3. The molecule has 2 aromatic rings. The second kappa shape index (κ2) is 3.61. The van der Waals surface area contributed by atoms with Crippen molar-refractivity contribution in [2.24, 2.45) is 10.8 Å². The average Bonchev–Trinajstić information content (AvgIpc) is 2.67. The Morgan fingerprint density at radius 3 is 2.44 bits per heavy atom. The van der Waals surface area contributed by atoms with E-state index in [4.69, 9.17) is 0 Å². The van der Waals surface area contributed by atoms with Gasteiger partial charge in [-0.2, -0.15) is 0 Å². The number of H-pyrrole nitrogens is 1. The molecule has 0 amide bonds. The van der Waals surface area contributed by atoms with Crippen LogP contribution in [0, 0.1) is 10.8 Å². The van der Waals surface area contributed by atoms with Crippen molar-refractivity contribution in [1.82, 2.24) is 10.3 Å². The summed E-state index contributed by atoms with van der Waals surface area (Å²) in [6.45, 7) is 10.3. The third kappa shape index (κ3) is 1.52. The van der Waals surface area contributed by atoms with Crippen molar-refractivity contribution in [2.45, 2.75) is 40.3 Å². The zero-order valence-electron chi connectivity index (χ0n) is 11.7. The van der Waals surface area contributed by atoms with Crippen molar-refractivity contribution in [3.05, 3.63) is 36.0 Å². The maximum atomic E-state index is 3.71. The number of fused-ring (bicyclic) bond motifs is 1.